The van der Waals surface area contributed by atoms with Crippen molar-refractivity contribution in [2.24, 2.45) is 0 Å². The molecule has 0 amide bonds. The third-order valence-electron chi connectivity index (χ3n) is 4.54. The molecule has 0 spiro atoms. The molecule has 0 aliphatic carbocycles. The first kappa shape index (κ1) is 20.3. The lowest BCUT2D eigenvalue weighted by Crippen LogP contribution is -2.07. The van der Waals surface area contributed by atoms with Gasteiger partial charge in [0.05, 0.1) is 5.56 Å². The van der Waals surface area contributed by atoms with Crippen LogP contribution in [-0.2, 0) is 6.18 Å². The van der Waals surface area contributed by atoms with Crippen LogP contribution in [0.2, 0.25) is 0 Å². The van der Waals surface area contributed by atoms with Crippen LogP contribution in [0.15, 0.2) is 48.5 Å². The largest absolute Gasteiger partial charge is 0.417 e. The molecule has 0 saturated carbocycles. The van der Waals surface area contributed by atoms with Gasteiger partial charge < -0.3 is 5.32 Å². The van der Waals surface area contributed by atoms with Crippen molar-refractivity contribution in [1.29, 1.82) is 0 Å². The number of anilines is 1. The van der Waals surface area contributed by atoms with Gasteiger partial charge in [0.15, 0.2) is 0 Å². The van der Waals surface area contributed by atoms with Crippen molar-refractivity contribution in [2.75, 3.05) is 11.9 Å². The minimum absolute atomic E-state index is 0.221. The average Bonchev–Trinajstić information content (AvgIpc) is 2.64. The Morgan fingerprint density at radius 2 is 1.38 bits per heavy atom. The maximum atomic E-state index is 13.1. The van der Waals surface area contributed by atoms with Crippen LogP contribution in [0.3, 0.4) is 0 Å². The number of alkyl halides is 3. The Bertz CT molecular complexity index is 647. The lowest BCUT2D eigenvalue weighted by atomic mass is 9.99. The van der Waals surface area contributed by atoms with Gasteiger partial charge in [-0.05, 0) is 35.7 Å². The molecule has 0 aliphatic rings. The Morgan fingerprint density at radius 1 is 0.769 bits per heavy atom. The molecule has 0 saturated heterocycles. The molecule has 0 radical (unpaired) electrons. The molecular weight excluding hydrogens is 335 g/mol. The Balaban J connectivity index is 1.84. The second-order valence-corrected chi connectivity index (χ2v) is 6.67. The number of unbranched alkanes of at least 4 members (excludes halogenated alkanes) is 6. The van der Waals surface area contributed by atoms with Crippen LogP contribution < -0.4 is 5.32 Å². The molecule has 1 N–H and O–H groups in total. The van der Waals surface area contributed by atoms with Gasteiger partial charge in [-0.1, -0.05) is 75.8 Å². The zero-order chi connectivity index (χ0) is 18.8. The second-order valence-electron chi connectivity index (χ2n) is 6.67. The van der Waals surface area contributed by atoms with E-state index in [2.05, 4.69) is 12.2 Å². The summed E-state index contributed by atoms with van der Waals surface area (Å²) in [6.07, 6.45) is 4.48. The van der Waals surface area contributed by atoms with Crippen LogP contribution in [0.5, 0.6) is 0 Å². The number of benzene rings is 2. The van der Waals surface area contributed by atoms with Gasteiger partial charge in [0, 0.05) is 12.2 Å². The molecule has 0 aliphatic heterocycles. The maximum absolute atomic E-state index is 13.1. The second kappa shape index (κ2) is 10.2. The fourth-order valence-electron chi connectivity index (χ4n) is 3.06. The third kappa shape index (κ3) is 6.40. The number of nitrogens with one attached hydrogen (secondary N) is 1. The monoisotopic (exact) mass is 363 g/mol. The average molecular weight is 363 g/mol. The predicted octanol–water partition coefficient (Wildman–Crippen LogP) is 7.53. The van der Waals surface area contributed by atoms with Gasteiger partial charge in [-0.3, -0.25) is 0 Å². The van der Waals surface area contributed by atoms with Crippen molar-refractivity contribution in [3.8, 4) is 11.1 Å². The molecule has 142 valence electrons. The van der Waals surface area contributed by atoms with Crippen molar-refractivity contribution in [2.45, 2.75) is 58.0 Å². The molecule has 0 aromatic heterocycles. The van der Waals surface area contributed by atoms with Gasteiger partial charge >= 0.3 is 6.18 Å². The van der Waals surface area contributed by atoms with Crippen molar-refractivity contribution in [1.82, 2.24) is 0 Å². The quantitative estimate of drug-likeness (QED) is 0.430. The summed E-state index contributed by atoms with van der Waals surface area (Å²) in [7, 11) is 0. The summed E-state index contributed by atoms with van der Waals surface area (Å²) in [4.78, 5) is 0. The fourth-order valence-corrected chi connectivity index (χ4v) is 3.06. The van der Waals surface area contributed by atoms with Crippen molar-refractivity contribution in [3.63, 3.8) is 0 Å². The molecule has 0 unspecified atom stereocenters. The molecule has 1 nitrogen and oxygen atoms in total. The first-order valence-electron chi connectivity index (χ1n) is 9.53. The van der Waals surface area contributed by atoms with Crippen molar-refractivity contribution in [3.05, 3.63) is 54.1 Å². The number of hydrogen-bond acceptors (Lipinski definition) is 1. The van der Waals surface area contributed by atoms with E-state index >= 15 is 0 Å². The maximum Gasteiger partial charge on any atom is 0.417 e. The molecule has 0 atom stereocenters. The highest BCUT2D eigenvalue weighted by Crippen LogP contribution is 2.37. The van der Waals surface area contributed by atoms with Gasteiger partial charge in [-0.25, -0.2) is 0 Å². The molecule has 0 fully saturated rings. The van der Waals surface area contributed by atoms with Crippen LogP contribution in [0.1, 0.15) is 57.4 Å². The van der Waals surface area contributed by atoms with E-state index in [0.717, 1.165) is 24.7 Å². The van der Waals surface area contributed by atoms with Crippen LogP contribution in [0.4, 0.5) is 18.9 Å². The van der Waals surface area contributed by atoms with E-state index in [1.807, 2.05) is 12.1 Å². The standard InChI is InChI=1S/C22H28F3N/c1-2-3-4-5-6-7-10-17-26-19-15-13-18(14-16-19)20-11-8-9-12-21(20)22(23,24)25/h8-9,11-16,26H,2-7,10,17H2,1H3. The number of halogens is 3. The molecular formula is C22H28F3N. The van der Waals surface area contributed by atoms with E-state index in [0.29, 0.717) is 5.56 Å². The summed E-state index contributed by atoms with van der Waals surface area (Å²) < 4.78 is 39.4. The third-order valence-corrected chi connectivity index (χ3v) is 4.54. The van der Waals surface area contributed by atoms with Crippen LogP contribution in [0, 0.1) is 0 Å². The van der Waals surface area contributed by atoms with Gasteiger partial charge in [-0.15, -0.1) is 0 Å². The fraction of sp³-hybridized carbons (Fsp3) is 0.455. The molecule has 2 rings (SSSR count). The Labute approximate surface area is 154 Å². The van der Waals surface area contributed by atoms with E-state index in [1.165, 1.54) is 50.7 Å². The highest BCUT2D eigenvalue weighted by Gasteiger charge is 2.33. The van der Waals surface area contributed by atoms with Gasteiger partial charge in [0.1, 0.15) is 0 Å². The van der Waals surface area contributed by atoms with E-state index < -0.39 is 11.7 Å². The first-order chi connectivity index (χ1) is 12.5. The molecule has 0 heterocycles. The van der Waals surface area contributed by atoms with E-state index in [1.54, 1.807) is 18.2 Å². The lowest BCUT2D eigenvalue weighted by molar-refractivity contribution is -0.137. The molecule has 4 heteroatoms. The van der Waals surface area contributed by atoms with E-state index in [9.17, 15) is 13.2 Å². The summed E-state index contributed by atoms with van der Waals surface area (Å²) in [6.45, 7) is 3.11. The molecule has 26 heavy (non-hydrogen) atoms. The zero-order valence-electron chi connectivity index (χ0n) is 15.4. The van der Waals surface area contributed by atoms with Crippen LogP contribution in [-0.4, -0.2) is 6.54 Å². The number of rotatable bonds is 10. The number of hydrogen-bond donors (Lipinski definition) is 1. The summed E-state index contributed by atoms with van der Waals surface area (Å²) in [5, 5.41) is 3.35. The summed E-state index contributed by atoms with van der Waals surface area (Å²) in [5.41, 5.74) is 1.16. The highest BCUT2D eigenvalue weighted by molar-refractivity contribution is 5.69. The van der Waals surface area contributed by atoms with E-state index in [4.69, 9.17) is 0 Å². The van der Waals surface area contributed by atoms with Crippen molar-refractivity contribution < 1.29 is 13.2 Å². The SMILES string of the molecule is CCCCCCCCCNc1ccc(-c2ccccc2C(F)(F)F)cc1. The summed E-state index contributed by atoms with van der Waals surface area (Å²) in [5.74, 6) is 0. The van der Waals surface area contributed by atoms with Crippen LogP contribution in [0.25, 0.3) is 11.1 Å². The minimum atomic E-state index is -4.34. The minimum Gasteiger partial charge on any atom is -0.385 e. The summed E-state index contributed by atoms with van der Waals surface area (Å²) >= 11 is 0. The van der Waals surface area contributed by atoms with Gasteiger partial charge in [-0.2, -0.15) is 13.2 Å². The Morgan fingerprint density at radius 3 is 2.04 bits per heavy atom. The van der Waals surface area contributed by atoms with Crippen LogP contribution >= 0.6 is 0 Å². The molecule has 2 aromatic rings. The zero-order valence-corrected chi connectivity index (χ0v) is 15.4. The molecule has 0 bridgehead atoms. The Kier molecular flexibility index (Phi) is 8.02. The topological polar surface area (TPSA) is 12.0 Å². The van der Waals surface area contributed by atoms with Gasteiger partial charge in [0.2, 0.25) is 0 Å². The smallest absolute Gasteiger partial charge is 0.385 e. The highest BCUT2D eigenvalue weighted by atomic mass is 19.4. The van der Waals surface area contributed by atoms with E-state index in [-0.39, 0.29) is 5.56 Å². The van der Waals surface area contributed by atoms with Gasteiger partial charge in [0.25, 0.3) is 0 Å². The van der Waals surface area contributed by atoms with Crippen molar-refractivity contribution >= 4 is 5.69 Å². The summed E-state index contributed by atoms with van der Waals surface area (Å²) in [6, 6.07) is 12.9. The predicted molar refractivity (Wildman–Crippen MR) is 103 cm³/mol. The first-order valence-corrected chi connectivity index (χ1v) is 9.53. The normalized spacial score (nSPS) is 11.5. The Hall–Kier alpha value is -1.97. The molecule has 2 aromatic carbocycles. The lowest BCUT2D eigenvalue weighted by Gasteiger charge is -2.13.